The van der Waals surface area contributed by atoms with Gasteiger partial charge < -0.3 is 25.0 Å². The highest BCUT2D eigenvalue weighted by atomic mass is 16.5. The smallest absolute Gasteiger partial charge is 0.407 e. The van der Waals surface area contributed by atoms with E-state index in [2.05, 4.69) is 15.8 Å². The summed E-state index contributed by atoms with van der Waals surface area (Å²) in [5.74, 6) is -1.46. The Labute approximate surface area is 189 Å². The number of rotatable bonds is 8. The number of hydrogen-bond donors (Lipinski definition) is 3. The van der Waals surface area contributed by atoms with Gasteiger partial charge >= 0.3 is 12.1 Å². The minimum Gasteiger partial charge on any atom is -0.481 e. The van der Waals surface area contributed by atoms with E-state index < -0.39 is 30.4 Å². The zero-order valence-corrected chi connectivity index (χ0v) is 17.9. The normalized spacial score (nSPS) is 13.0. The number of nitrogens with one attached hydrogen (secondary N) is 2. The number of alkyl carbamates (subject to hydrolysis) is 1. The van der Waals surface area contributed by atoms with Crippen molar-refractivity contribution in [1.29, 1.82) is 0 Å². The van der Waals surface area contributed by atoms with Crippen molar-refractivity contribution >= 4 is 18.0 Å². The first-order valence-electron chi connectivity index (χ1n) is 10.5. The van der Waals surface area contributed by atoms with Gasteiger partial charge in [-0.25, -0.2) is 4.79 Å². The Morgan fingerprint density at radius 2 is 1.73 bits per heavy atom. The van der Waals surface area contributed by atoms with Crippen LogP contribution in [-0.2, 0) is 20.9 Å². The van der Waals surface area contributed by atoms with Crippen LogP contribution in [0.4, 0.5) is 4.79 Å². The first kappa shape index (κ1) is 22.1. The first-order chi connectivity index (χ1) is 15.9. The molecule has 0 bridgehead atoms. The number of benzene rings is 2. The molecule has 1 unspecified atom stereocenters. The van der Waals surface area contributed by atoms with Gasteiger partial charge in [0.25, 0.3) is 0 Å². The summed E-state index contributed by atoms with van der Waals surface area (Å²) in [6.07, 6.45) is -1.45. The molecule has 3 N–H and O–H groups in total. The monoisotopic (exact) mass is 449 g/mol. The third kappa shape index (κ3) is 5.03. The van der Waals surface area contributed by atoms with Gasteiger partial charge in [-0.15, -0.1) is 0 Å². The molecule has 0 spiro atoms. The van der Waals surface area contributed by atoms with Crippen molar-refractivity contribution in [3.8, 4) is 11.1 Å². The highest BCUT2D eigenvalue weighted by Crippen LogP contribution is 2.44. The van der Waals surface area contributed by atoms with Crippen LogP contribution in [0, 0.1) is 6.92 Å². The molecule has 1 heterocycles. The number of carboxylic acid groups (broad SMARTS) is 1. The lowest BCUT2D eigenvalue weighted by atomic mass is 9.98. The Balaban J connectivity index is 1.38. The van der Waals surface area contributed by atoms with Crippen molar-refractivity contribution in [1.82, 2.24) is 15.8 Å². The molecule has 1 atom stereocenters. The van der Waals surface area contributed by atoms with Gasteiger partial charge in [-0.05, 0) is 29.2 Å². The highest BCUT2D eigenvalue weighted by Gasteiger charge is 2.30. The van der Waals surface area contributed by atoms with Crippen molar-refractivity contribution in [3.05, 3.63) is 77.2 Å². The highest BCUT2D eigenvalue weighted by molar-refractivity contribution is 5.89. The minimum absolute atomic E-state index is 0.0403. The number of aliphatic carboxylic acids is 1. The molecule has 9 heteroatoms. The van der Waals surface area contributed by atoms with E-state index in [9.17, 15) is 14.4 Å². The predicted octanol–water partition coefficient (Wildman–Crippen LogP) is 2.98. The standard InChI is InChI=1S/C24H23N3O6/c1-14-10-15(27-33-14)12-25-23(30)21(11-22(28)29)26-24(31)32-13-20-18-8-4-2-6-16(18)17-7-3-5-9-19(17)20/h2-10,20-21H,11-13H2,1H3,(H,25,30)(H,26,31)(H,28,29). The molecule has 1 aromatic heterocycles. The second-order valence-electron chi connectivity index (χ2n) is 7.77. The average molecular weight is 449 g/mol. The first-order valence-corrected chi connectivity index (χ1v) is 10.5. The minimum atomic E-state index is -1.30. The lowest BCUT2D eigenvalue weighted by Crippen LogP contribution is -2.48. The third-order valence-electron chi connectivity index (χ3n) is 5.45. The fraction of sp³-hybridized carbons (Fsp3) is 0.250. The summed E-state index contributed by atoms with van der Waals surface area (Å²) >= 11 is 0. The van der Waals surface area contributed by atoms with Crippen LogP contribution in [0.2, 0.25) is 0 Å². The molecule has 0 fully saturated rings. The van der Waals surface area contributed by atoms with E-state index in [4.69, 9.17) is 14.4 Å². The molecule has 0 aliphatic heterocycles. The number of carbonyl (C=O) groups excluding carboxylic acids is 2. The number of aromatic nitrogens is 1. The average Bonchev–Trinajstić information content (AvgIpc) is 3.36. The van der Waals surface area contributed by atoms with Gasteiger partial charge in [0.05, 0.1) is 13.0 Å². The Bertz CT molecular complexity index is 1140. The van der Waals surface area contributed by atoms with Crippen LogP contribution < -0.4 is 10.6 Å². The van der Waals surface area contributed by atoms with E-state index in [-0.39, 0.29) is 19.1 Å². The zero-order valence-electron chi connectivity index (χ0n) is 17.9. The summed E-state index contributed by atoms with van der Waals surface area (Å²) in [5, 5.41) is 17.8. The number of carbonyl (C=O) groups is 3. The van der Waals surface area contributed by atoms with Crippen LogP contribution in [0.15, 0.2) is 59.1 Å². The van der Waals surface area contributed by atoms with Gasteiger partial charge in [-0.3, -0.25) is 9.59 Å². The second-order valence-corrected chi connectivity index (χ2v) is 7.77. The molecule has 2 aromatic carbocycles. The van der Waals surface area contributed by atoms with E-state index in [1.54, 1.807) is 13.0 Å². The number of ether oxygens (including phenoxy) is 1. The number of fused-ring (bicyclic) bond motifs is 3. The fourth-order valence-corrected chi connectivity index (χ4v) is 3.97. The predicted molar refractivity (Wildman–Crippen MR) is 117 cm³/mol. The molecule has 33 heavy (non-hydrogen) atoms. The summed E-state index contributed by atoms with van der Waals surface area (Å²) in [6.45, 7) is 1.81. The van der Waals surface area contributed by atoms with Gasteiger partial charge in [0.2, 0.25) is 5.91 Å². The van der Waals surface area contributed by atoms with Crippen LogP contribution in [0.3, 0.4) is 0 Å². The maximum absolute atomic E-state index is 12.5. The Morgan fingerprint density at radius 3 is 2.30 bits per heavy atom. The van der Waals surface area contributed by atoms with Crippen LogP contribution in [0.5, 0.6) is 0 Å². The molecular formula is C24H23N3O6. The SMILES string of the molecule is Cc1cc(CNC(=O)C(CC(=O)O)NC(=O)OCC2c3ccccc3-c3ccccc32)no1. The fourth-order valence-electron chi connectivity index (χ4n) is 3.97. The summed E-state index contributed by atoms with van der Waals surface area (Å²) in [6, 6.07) is 16.2. The summed E-state index contributed by atoms with van der Waals surface area (Å²) < 4.78 is 10.3. The Hall–Kier alpha value is -4.14. The second kappa shape index (κ2) is 9.56. The van der Waals surface area contributed by atoms with Crippen molar-refractivity contribution in [2.45, 2.75) is 31.8 Å². The molecule has 1 aliphatic rings. The molecule has 1 aliphatic carbocycles. The largest absolute Gasteiger partial charge is 0.481 e. The van der Waals surface area contributed by atoms with E-state index in [1.807, 2.05) is 48.5 Å². The summed E-state index contributed by atoms with van der Waals surface area (Å²) in [5.41, 5.74) is 4.76. The molecule has 9 nitrogen and oxygen atoms in total. The van der Waals surface area contributed by atoms with Crippen molar-refractivity contribution in [2.24, 2.45) is 0 Å². The lowest BCUT2D eigenvalue weighted by Gasteiger charge is -2.18. The van der Waals surface area contributed by atoms with Crippen molar-refractivity contribution in [3.63, 3.8) is 0 Å². The summed E-state index contributed by atoms with van der Waals surface area (Å²) in [4.78, 5) is 36.2. The van der Waals surface area contributed by atoms with Gasteiger partial charge in [0.15, 0.2) is 0 Å². The van der Waals surface area contributed by atoms with E-state index >= 15 is 0 Å². The quantitative estimate of drug-likeness (QED) is 0.482. The van der Waals surface area contributed by atoms with Crippen molar-refractivity contribution in [2.75, 3.05) is 6.61 Å². The molecular weight excluding hydrogens is 426 g/mol. The van der Waals surface area contributed by atoms with Crippen LogP contribution in [-0.4, -0.2) is 40.9 Å². The van der Waals surface area contributed by atoms with Gasteiger partial charge in [0.1, 0.15) is 24.1 Å². The van der Waals surface area contributed by atoms with E-state index in [1.165, 1.54) is 0 Å². The zero-order chi connectivity index (χ0) is 23.4. The topological polar surface area (TPSA) is 131 Å². The van der Waals surface area contributed by atoms with Gasteiger partial charge in [0, 0.05) is 12.0 Å². The van der Waals surface area contributed by atoms with Gasteiger partial charge in [-0.1, -0.05) is 53.7 Å². The van der Waals surface area contributed by atoms with E-state index in [0.717, 1.165) is 22.3 Å². The number of nitrogens with zero attached hydrogens (tertiary/aromatic N) is 1. The van der Waals surface area contributed by atoms with Crippen LogP contribution in [0.25, 0.3) is 11.1 Å². The number of amides is 2. The maximum atomic E-state index is 12.5. The molecule has 4 rings (SSSR count). The molecule has 3 aromatic rings. The van der Waals surface area contributed by atoms with Crippen LogP contribution >= 0.6 is 0 Å². The maximum Gasteiger partial charge on any atom is 0.407 e. The number of carboxylic acids is 1. The van der Waals surface area contributed by atoms with Crippen molar-refractivity contribution < 1.29 is 28.8 Å². The summed E-state index contributed by atoms with van der Waals surface area (Å²) in [7, 11) is 0. The molecule has 0 radical (unpaired) electrons. The molecule has 170 valence electrons. The Kier molecular flexibility index (Phi) is 6.39. The number of hydrogen-bond acceptors (Lipinski definition) is 6. The molecule has 2 amide bonds. The lowest BCUT2D eigenvalue weighted by molar-refractivity contribution is -0.139. The molecule has 0 saturated carbocycles. The van der Waals surface area contributed by atoms with Gasteiger partial charge in [-0.2, -0.15) is 0 Å². The van der Waals surface area contributed by atoms with E-state index in [0.29, 0.717) is 11.5 Å². The molecule has 0 saturated heterocycles. The van der Waals surface area contributed by atoms with Crippen LogP contribution in [0.1, 0.15) is 34.9 Å². The number of aryl methyl sites for hydroxylation is 1. The third-order valence-corrected chi connectivity index (χ3v) is 5.45. The Morgan fingerprint density at radius 1 is 1.09 bits per heavy atom.